The number of hydrogen-bond donors (Lipinski definition) is 1. The van der Waals surface area contributed by atoms with Crippen molar-refractivity contribution in [1.82, 2.24) is 20.0 Å². The number of anilines is 2. The van der Waals surface area contributed by atoms with Gasteiger partial charge in [-0.15, -0.1) is 10.2 Å². The Labute approximate surface area is 165 Å². The molecule has 0 amide bonds. The zero-order valence-electron chi connectivity index (χ0n) is 14.6. The molecule has 0 saturated carbocycles. The highest BCUT2D eigenvalue weighted by Crippen LogP contribution is 2.30. The van der Waals surface area contributed by atoms with Crippen molar-refractivity contribution in [2.45, 2.75) is 10.1 Å². The Morgan fingerprint density at radius 1 is 1.11 bits per heavy atom. The largest absolute Gasteiger partial charge is 0.497 e. The molecule has 1 N–H and O–H groups in total. The van der Waals surface area contributed by atoms with Gasteiger partial charge in [0.15, 0.2) is 4.34 Å². The summed E-state index contributed by atoms with van der Waals surface area (Å²) in [6, 6.07) is 18.0. The van der Waals surface area contributed by atoms with E-state index in [1.165, 1.54) is 16.9 Å². The highest BCUT2D eigenvalue weighted by Gasteiger charge is 2.07. The zero-order valence-corrected chi connectivity index (χ0v) is 16.2. The molecule has 0 saturated heterocycles. The molecule has 0 aliphatic heterocycles. The molecule has 136 valence electrons. The molecule has 2 aromatic carbocycles. The minimum absolute atomic E-state index is 0.764. The lowest BCUT2D eigenvalue weighted by Crippen LogP contribution is -1.93. The first-order chi connectivity index (χ1) is 13.3. The molecule has 0 bridgehead atoms. The Balaban J connectivity index is 1.35. The molecule has 4 rings (SSSR count). The molecule has 8 heteroatoms. The summed E-state index contributed by atoms with van der Waals surface area (Å²) in [4.78, 5) is 0. The van der Waals surface area contributed by atoms with Gasteiger partial charge in [0.05, 0.1) is 12.8 Å². The molecule has 2 aromatic heterocycles. The first kappa shape index (κ1) is 17.6. The van der Waals surface area contributed by atoms with Gasteiger partial charge in [-0.05, 0) is 35.9 Å². The number of ether oxygens (including phenoxy) is 1. The van der Waals surface area contributed by atoms with Gasteiger partial charge in [0.2, 0.25) is 5.13 Å². The smallest absolute Gasteiger partial charge is 0.210 e. The van der Waals surface area contributed by atoms with Crippen molar-refractivity contribution in [2.75, 3.05) is 12.4 Å². The van der Waals surface area contributed by atoms with Crippen LogP contribution in [0.4, 0.5) is 10.8 Å². The number of thioether (sulfide) groups is 1. The SMILES string of the molecule is COc1cccc(Nc2nnc(SCc3ccc(-n4cccn4)cc3)s2)c1. The van der Waals surface area contributed by atoms with Gasteiger partial charge in [-0.25, -0.2) is 4.68 Å². The normalized spacial score (nSPS) is 10.7. The van der Waals surface area contributed by atoms with E-state index in [2.05, 4.69) is 44.9 Å². The van der Waals surface area contributed by atoms with Crippen LogP contribution in [0.3, 0.4) is 0 Å². The van der Waals surface area contributed by atoms with Crippen LogP contribution in [0.15, 0.2) is 71.3 Å². The van der Waals surface area contributed by atoms with Crippen molar-refractivity contribution in [1.29, 1.82) is 0 Å². The molecule has 0 fully saturated rings. The van der Waals surface area contributed by atoms with Crippen LogP contribution in [-0.2, 0) is 5.75 Å². The monoisotopic (exact) mass is 395 g/mol. The predicted octanol–water partition coefficient (Wildman–Crippen LogP) is 4.77. The quantitative estimate of drug-likeness (QED) is 0.455. The number of nitrogens with one attached hydrogen (secondary N) is 1. The third-order valence-electron chi connectivity index (χ3n) is 3.80. The molecule has 6 nitrogen and oxygen atoms in total. The molecule has 2 heterocycles. The molecule has 0 aliphatic rings. The van der Waals surface area contributed by atoms with Crippen LogP contribution in [-0.4, -0.2) is 27.1 Å². The second kappa shape index (κ2) is 8.24. The molecule has 0 radical (unpaired) electrons. The second-order valence-electron chi connectivity index (χ2n) is 5.64. The maximum absolute atomic E-state index is 5.24. The van der Waals surface area contributed by atoms with E-state index in [-0.39, 0.29) is 0 Å². The van der Waals surface area contributed by atoms with Crippen LogP contribution in [0.2, 0.25) is 0 Å². The van der Waals surface area contributed by atoms with Crippen LogP contribution in [0, 0.1) is 0 Å². The van der Waals surface area contributed by atoms with Gasteiger partial charge in [0.1, 0.15) is 5.75 Å². The van der Waals surface area contributed by atoms with Gasteiger partial charge in [-0.3, -0.25) is 0 Å². The number of benzene rings is 2. The van der Waals surface area contributed by atoms with Crippen molar-refractivity contribution in [2.24, 2.45) is 0 Å². The standard InChI is InChI=1S/C19H17N5OS2/c1-25-17-5-2-4-15(12-17)21-18-22-23-19(27-18)26-13-14-6-8-16(9-7-14)24-11-3-10-20-24/h2-12H,13H2,1H3,(H,21,22). The third kappa shape index (κ3) is 4.47. The molecule has 27 heavy (non-hydrogen) atoms. The van der Waals surface area contributed by atoms with Gasteiger partial charge < -0.3 is 10.1 Å². The highest BCUT2D eigenvalue weighted by molar-refractivity contribution is 8.00. The lowest BCUT2D eigenvalue weighted by atomic mass is 10.2. The highest BCUT2D eigenvalue weighted by atomic mass is 32.2. The summed E-state index contributed by atoms with van der Waals surface area (Å²) in [5.74, 6) is 1.64. The van der Waals surface area contributed by atoms with Crippen molar-refractivity contribution in [3.8, 4) is 11.4 Å². The average Bonchev–Trinajstić information content (AvgIpc) is 3.39. The van der Waals surface area contributed by atoms with E-state index in [1.807, 2.05) is 41.2 Å². The first-order valence-corrected chi connectivity index (χ1v) is 10.1. The summed E-state index contributed by atoms with van der Waals surface area (Å²) in [5.41, 5.74) is 3.21. The Bertz CT molecular complexity index is 999. The van der Waals surface area contributed by atoms with Crippen LogP contribution >= 0.6 is 23.1 Å². The van der Waals surface area contributed by atoms with E-state index >= 15 is 0 Å². The van der Waals surface area contributed by atoms with Gasteiger partial charge in [-0.1, -0.05) is 41.3 Å². The van der Waals surface area contributed by atoms with Crippen molar-refractivity contribution < 1.29 is 4.74 Å². The molecule has 4 aromatic rings. The molecular weight excluding hydrogens is 378 g/mol. The number of hydrogen-bond acceptors (Lipinski definition) is 7. The molecule has 0 spiro atoms. The number of methoxy groups -OCH3 is 1. The Morgan fingerprint density at radius 3 is 2.78 bits per heavy atom. The fourth-order valence-corrected chi connectivity index (χ4v) is 4.18. The summed E-state index contributed by atoms with van der Waals surface area (Å²) >= 11 is 3.21. The molecule has 0 atom stereocenters. The van der Waals surface area contributed by atoms with Gasteiger partial charge in [0, 0.05) is 29.9 Å². The molecule has 0 aliphatic carbocycles. The Hall–Kier alpha value is -2.84. The van der Waals surface area contributed by atoms with Crippen LogP contribution in [0.25, 0.3) is 5.69 Å². The lowest BCUT2D eigenvalue weighted by molar-refractivity contribution is 0.415. The first-order valence-electron chi connectivity index (χ1n) is 8.26. The lowest BCUT2D eigenvalue weighted by Gasteiger charge is -2.04. The zero-order chi connectivity index (χ0) is 18.5. The minimum Gasteiger partial charge on any atom is -0.497 e. The summed E-state index contributed by atoms with van der Waals surface area (Å²) in [6.07, 6.45) is 3.71. The fraction of sp³-hybridized carbons (Fsp3) is 0.105. The van der Waals surface area contributed by atoms with Crippen LogP contribution in [0.5, 0.6) is 5.75 Å². The fourth-order valence-electron chi connectivity index (χ4n) is 2.45. The summed E-state index contributed by atoms with van der Waals surface area (Å²) < 4.78 is 8.01. The van der Waals surface area contributed by atoms with E-state index in [0.29, 0.717) is 0 Å². The number of aromatic nitrogens is 4. The topological polar surface area (TPSA) is 64.9 Å². The Kier molecular flexibility index (Phi) is 5.36. The van der Waals surface area contributed by atoms with E-state index in [1.54, 1.807) is 25.1 Å². The minimum atomic E-state index is 0.764. The number of rotatable bonds is 7. The number of nitrogens with zero attached hydrogens (tertiary/aromatic N) is 4. The second-order valence-corrected chi connectivity index (χ2v) is 7.84. The molecular formula is C19H17N5OS2. The van der Waals surface area contributed by atoms with Crippen LogP contribution < -0.4 is 10.1 Å². The molecule has 0 unspecified atom stereocenters. The van der Waals surface area contributed by atoms with E-state index in [4.69, 9.17) is 4.74 Å². The van der Waals surface area contributed by atoms with Gasteiger partial charge >= 0.3 is 0 Å². The van der Waals surface area contributed by atoms with E-state index < -0.39 is 0 Å². The van der Waals surface area contributed by atoms with Gasteiger partial charge in [0.25, 0.3) is 0 Å². The van der Waals surface area contributed by atoms with Crippen molar-refractivity contribution >= 4 is 33.9 Å². The summed E-state index contributed by atoms with van der Waals surface area (Å²) in [6.45, 7) is 0. The van der Waals surface area contributed by atoms with E-state index in [0.717, 1.165) is 32.3 Å². The predicted molar refractivity (Wildman–Crippen MR) is 109 cm³/mol. The summed E-state index contributed by atoms with van der Waals surface area (Å²) in [7, 11) is 1.65. The summed E-state index contributed by atoms with van der Waals surface area (Å²) in [5, 5.41) is 16.7. The van der Waals surface area contributed by atoms with Crippen molar-refractivity contribution in [3.05, 3.63) is 72.6 Å². The third-order valence-corrected chi connectivity index (χ3v) is 5.84. The van der Waals surface area contributed by atoms with Crippen LogP contribution in [0.1, 0.15) is 5.56 Å². The van der Waals surface area contributed by atoms with Gasteiger partial charge in [-0.2, -0.15) is 5.10 Å². The maximum Gasteiger partial charge on any atom is 0.210 e. The average molecular weight is 396 g/mol. The van der Waals surface area contributed by atoms with Crippen molar-refractivity contribution in [3.63, 3.8) is 0 Å². The Morgan fingerprint density at radius 2 is 2.00 bits per heavy atom. The van der Waals surface area contributed by atoms with E-state index in [9.17, 15) is 0 Å². The maximum atomic E-state index is 5.24.